The van der Waals surface area contributed by atoms with Gasteiger partial charge in [0.1, 0.15) is 0 Å². The minimum Gasteiger partial charge on any atom is -0.396 e. The SMILES string of the molecule is CCNC(=NCC1(CCO)CCOC1)NCCCOCC1CC1. The number of aliphatic hydroxyl groups is 1. The highest BCUT2D eigenvalue weighted by atomic mass is 16.5. The summed E-state index contributed by atoms with van der Waals surface area (Å²) < 4.78 is 11.2. The lowest BCUT2D eigenvalue weighted by Crippen LogP contribution is -2.39. The van der Waals surface area contributed by atoms with Crippen molar-refractivity contribution < 1.29 is 14.6 Å². The van der Waals surface area contributed by atoms with Gasteiger partial charge in [0.2, 0.25) is 0 Å². The zero-order valence-electron chi connectivity index (χ0n) is 14.5. The second-order valence-electron chi connectivity index (χ2n) is 6.77. The zero-order valence-corrected chi connectivity index (χ0v) is 14.5. The van der Waals surface area contributed by atoms with Crippen LogP contribution in [0.5, 0.6) is 0 Å². The van der Waals surface area contributed by atoms with Gasteiger partial charge in [-0.1, -0.05) is 0 Å². The van der Waals surface area contributed by atoms with Crippen LogP contribution in [0.1, 0.15) is 39.0 Å². The summed E-state index contributed by atoms with van der Waals surface area (Å²) in [6, 6.07) is 0. The van der Waals surface area contributed by atoms with E-state index >= 15 is 0 Å². The molecule has 1 saturated carbocycles. The van der Waals surface area contributed by atoms with Crippen LogP contribution in [-0.2, 0) is 9.47 Å². The molecule has 2 fully saturated rings. The summed E-state index contributed by atoms with van der Waals surface area (Å²) in [5.41, 5.74) is 0.00444. The van der Waals surface area contributed by atoms with Crippen LogP contribution >= 0.6 is 0 Å². The molecule has 0 radical (unpaired) electrons. The van der Waals surface area contributed by atoms with Gasteiger partial charge in [-0.25, -0.2) is 0 Å². The lowest BCUT2D eigenvalue weighted by molar-refractivity contribution is 0.123. The van der Waals surface area contributed by atoms with Gasteiger partial charge < -0.3 is 25.2 Å². The fourth-order valence-corrected chi connectivity index (χ4v) is 2.79. The maximum absolute atomic E-state index is 9.28. The molecule has 23 heavy (non-hydrogen) atoms. The van der Waals surface area contributed by atoms with Gasteiger partial charge in [0.15, 0.2) is 5.96 Å². The predicted octanol–water partition coefficient (Wildman–Crippen LogP) is 1.15. The molecule has 1 unspecified atom stereocenters. The van der Waals surface area contributed by atoms with Gasteiger partial charge in [-0.05, 0) is 44.9 Å². The molecule has 0 aromatic carbocycles. The second-order valence-corrected chi connectivity index (χ2v) is 6.77. The number of aliphatic hydroxyl groups excluding tert-OH is 1. The Kier molecular flexibility index (Phi) is 8.12. The summed E-state index contributed by atoms with van der Waals surface area (Å²) in [5.74, 6) is 1.68. The Morgan fingerprint density at radius 3 is 2.91 bits per heavy atom. The van der Waals surface area contributed by atoms with E-state index in [9.17, 15) is 5.11 Å². The standard InChI is InChI=1S/C17H33N3O3/c1-2-18-16(19-8-3-10-22-12-15-4-5-15)20-13-17(6-9-21)7-11-23-14-17/h15,21H,2-14H2,1H3,(H2,18,19,20). The summed E-state index contributed by atoms with van der Waals surface area (Å²) in [6.07, 6.45) is 5.40. The number of ether oxygens (including phenoxy) is 2. The Morgan fingerprint density at radius 1 is 1.39 bits per heavy atom. The van der Waals surface area contributed by atoms with E-state index in [1.807, 2.05) is 0 Å². The third kappa shape index (κ3) is 7.06. The maximum Gasteiger partial charge on any atom is 0.191 e. The molecular weight excluding hydrogens is 294 g/mol. The fraction of sp³-hybridized carbons (Fsp3) is 0.941. The lowest BCUT2D eigenvalue weighted by Gasteiger charge is -2.24. The molecule has 0 amide bonds. The van der Waals surface area contributed by atoms with E-state index in [1.54, 1.807) is 0 Å². The van der Waals surface area contributed by atoms with Crippen LogP contribution in [0.25, 0.3) is 0 Å². The van der Waals surface area contributed by atoms with Gasteiger partial charge >= 0.3 is 0 Å². The van der Waals surface area contributed by atoms with Gasteiger partial charge in [-0.15, -0.1) is 0 Å². The molecule has 3 N–H and O–H groups in total. The molecular formula is C17H33N3O3. The van der Waals surface area contributed by atoms with Crippen LogP contribution in [-0.4, -0.2) is 63.7 Å². The van der Waals surface area contributed by atoms with Gasteiger partial charge in [0.05, 0.1) is 13.2 Å². The topological polar surface area (TPSA) is 75.1 Å². The van der Waals surface area contributed by atoms with E-state index in [-0.39, 0.29) is 12.0 Å². The number of nitrogens with zero attached hydrogens (tertiary/aromatic N) is 1. The first-order chi connectivity index (χ1) is 11.3. The molecule has 6 nitrogen and oxygen atoms in total. The van der Waals surface area contributed by atoms with Crippen molar-refractivity contribution >= 4 is 5.96 Å². The van der Waals surface area contributed by atoms with Gasteiger partial charge in [-0.3, -0.25) is 4.99 Å². The highest BCUT2D eigenvalue weighted by molar-refractivity contribution is 5.79. The van der Waals surface area contributed by atoms with Crippen LogP contribution in [0.4, 0.5) is 0 Å². The van der Waals surface area contributed by atoms with E-state index in [2.05, 4.69) is 17.6 Å². The number of hydrogen-bond acceptors (Lipinski definition) is 4. The average Bonchev–Trinajstić information content (AvgIpc) is 3.26. The molecule has 1 heterocycles. The van der Waals surface area contributed by atoms with Crippen LogP contribution in [0.15, 0.2) is 4.99 Å². The van der Waals surface area contributed by atoms with E-state index in [4.69, 9.17) is 14.5 Å². The third-order valence-corrected chi connectivity index (χ3v) is 4.55. The van der Waals surface area contributed by atoms with Crippen molar-refractivity contribution in [3.63, 3.8) is 0 Å². The Morgan fingerprint density at radius 2 is 2.26 bits per heavy atom. The normalized spacial score (nSPS) is 24.9. The molecule has 0 spiro atoms. The van der Waals surface area contributed by atoms with Crippen LogP contribution in [0.2, 0.25) is 0 Å². The van der Waals surface area contributed by atoms with Crippen molar-refractivity contribution in [1.82, 2.24) is 10.6 Å². The zero-order chi connectivity index (χ0) is 16.4. The number of rotatable bonds is 11. The van der Waals surface area contributed by atoms with Crippen molar-refractivity contribution in [2.45, 2.75) is 39.0 Å². The molecule has 0 aromatic rings. The monoisotopic (exact) mass is 327 g/mol. The van der Waals surface area contributed by atoms with Crippen LogP contribution < -0.4 is 10.6 Å². The molecule has 1 atom stereocenters. The smallest absolute Gasteiger partial charge is 0.191 e. The van der Waals surface area contributed by atoms with E-state index < -0.39 is 0 Å². The van der Waals surface area contributed by atoms with Gasteiger partial charge in [-0.2, -0.15) is 0 Å². The highest BCUT2D eigenvalue weighted by Gasteiger charge is 2.34. The maximum atomic E-state index is 9.28. The van der Waals surface area contributed by atoms with Crippen molar-refractivity contribution in [2.24, 2.45) is 16.3 Å². The third-order valence-electron chi connectivity index (χ3n) is 4.55. The molecule has 1 aliphatic carbocycles. The summed E-state index contributed by atoms with van der Waals surface area (Å²) in [5, 5.41) is 15.9. The van der Waals surface area contributed by atoms with Crippen molar-refractivity contribution in [1.29, 1.82) is 0 Å². The van der Waals surface area contributed by atoms with Crippen LogP contribution in [0, 0.1) is 11.3 Å². The molecule has 6 heteroatoms. The average molecular weight is 327 g/mol. The first-order valence-corrected chi connectivity index (χ1v) is 9.06. The second kappa shape index (κ2) is 10.1. The Labute approximate surface area is 140 Å². The van der Waals surface area contributed by atoms with E-state index in [1.165, 1.54) is 12.8 Å². The number of nitrogens with one attached hydrogen (secondary N) is 2. The predicted molar refractivity (Wildman–Crippen MR) is 91.7 cm³/mol. The molecule has 0 aromatic heterocycles. The minimum absolute atomic E-state index is 0.00444. The van der Waals surface area contributed by atoms with Crippen molar-refractivity contribution in [3.05, 3.63) is 0 Å². The fourth-order valence-electron chi connectivity index (χ4n) is 2.79. The summed E-state index contributed by atoms with van der Waals surface area (Å²) in [7, 11) is 0. The van der Waals surface area contributed by atoms with Gasteiger partial charge in [0, 0.05) is 44.9 Å². The Hall–Kier alpha value is -0.850. The largest absolute Gasteiger partial charge is 0.396 e. The molecule has 134 valence electrons. The molecule has 2 aliphatic rings. The summed E-state index contributed by atoms with van der Waals surface area (Å²) >= 11 is 0. The van der Waals surface area contributed by atoms with Crippen molar-refractivity contribution in [3.8, 4) is 0 Å². The number of hydrogen-bond donors (Lipinski definition) is 3. The minimum atomic E-state index is 0.00444. The molecule has 2 rings (SSSR count). The summed E-state index contributed by atoms with van der Waals surface area (Å²) in [6.45, 7) is 7.88. The first kappa shape index (κ1) is 18.5. The van der Waals surface area contributed by atoms with Crippen molar-refractivity contribution in [2.75, 3.05) is 52.7 Å². The Balaban J connectivity index is 1.67. The van der Waals surface area contributed by atoms with E-state index in [0.29, 0.717) is 13.2 Å². The summed E-state index contributed by atoms with van der Waals surface area (Å²) in [4.78, 5) is 4.70. The molecule has 1 saturated heterocycles. The van der Waals surface area contributed by atoms with Gasteiger partial charge in [0.25, 0.3) is 0 Å². The van der Waals surface area contributed by atoms with Crippen LogP contribution in [0.3, 0.4) is 0 Å². The number of guanidine groups is 1. The lowest BCUT2D eigenvalue weighted by atomic mass is 9.84. The first-order valence-electron chi connectivity index (χ1n) is 9.06. The quantitative estimate of drug-likeness (QED) is 0.301. The highest BCUT2D eigenvalue weighted by Crippen LogP contribution is 2.32. The van der Waals surface area contributed by atoms with E-state index in [0.717, 1.165) is 64.1 Å². The number of aliphatic imine (C=N–C) groups is 1. The molecule has 1 aliphatic heterocycles. The molecule has 0 bridgehead atoms. The Bertz CT molecular complexity index is 353.